The Morgan fingerprint density at radius 3 is 2.29 bits per heavy atom. The van der Waals surface area contributed by atoms with E-state index >= 15 is 0 Å². The number of methoxy groups -OCH3 is 2. The quantitative estimate of drug-likeness (QED) is 0.187. The monoisotopic (exact) mass is 538 g/mol. The largest absolute Gasteiger partial charge is 0.504 e. The molecule has 0 saturated carbocycles. The molecule has 0 aliphatic carbocycles. The minimum atomic E-state index is -1.71. The summed E-state index contributed by atoms with van der Waals surface area (Å²) in [6.07, 6.45) is -6.89. The molecular formula is C26H34O12. The molecule has 1 fully saturated rings. The van der Waals surface area contributed by atoms with E-state index in [1.54, 1.807) is 24.3 Å². The van der Waals surface area contributed by atoms with Crippen LogP contribution in [0, 0.1) is 0 Å². The van der Waals surface area contributed by atoms with Crippen LogP contribution in [-0.4, -0.2) is 107 Å². The van der Waals surface area contributed by atoms with Gasteiger partial charge < -0.3 is 59.4 Å². The highest BCUT2D eigenvalue weighted by molar-refractivity contribution is 5.55. The van der Waals surface area contributed by atoms with E-state index in [2.05, 4.69) is 0 Å². The van der Waals surface area contributed by atoms with Crippen LogP contribution in [0.2, 0.25) is 0 Å². The number of rotatable bonds is 12. The number of aliphatic hydroxyl groups excluding tert-OH is 6. The molecule has 7 unspecified atom stereocenters. The Labute approximate surface area is 219 Å². The number of benzene rings is 2. The van der Waals surface area contributed by atoms with E-state index in [-0.39, 0.29) is 23.9 Å². The van der Waals surface area contributed by atoms with E-state index in [9.17, 15) is 30.6 Å². The van der Waals surface area contributed by atoms with Gasteiger partial charge in [0.2, 0.25) is 0 Å². The number of ether oxygens (including phenoxy) is 5. The van der Waals surface area contributed by atoms with Crippen LogP contribution in [-0.2, 0) is 9.47 Å². The maximum Gasteiger partial charge on any atom is 0.187 e. The van der Waals surface area contributed by atoms with Gasteiger partial charge in [-0.3, -0.25) is 0 Å². The van der Waals surface area contributed by atoms with E-state index in [1.165, 1.54) is 38.5 Å². The second-order valence-corrected chi connectivity index (χ2v) is 8.55. The van der Waals surface area contributed by atoms with Crippen molar-refractivity contribution < 1.29 is 59.4 Å². The zero-order valence-electron chi connectivity index (χ0n) is 21.0. The van der Waals surface area contributed by atoms with Crippen LogP contribution < -0.4 is 14.2 Å². The van der Waals surface area contributed by atoms with Crippen LogP contribution in [0.15, 0.2) is 42.5 Å². The van der Waals surface area contributed by atoms with Gasteiger partial charge in [-0.05, 0) is 35.4 Å². The van der Waals surface area contributed by atoms with E-state index in [0.29, 0.717) is 16.9 Å². The molecule has 2 aromatic carbocycles. The third-order valence-corrected chi connectivity index (χ3v) is 6.02. The van der Waals surface area contributed by atoms with E-state index < -0.39 is 56.1 Å². The molecular weight excluding hydrogens is 504 g/mol. The van der Waals surface area contributed by atoms with Crippen molar-refractivity contribution in [3.8, 4) is 23.0 Å². The van der Waals surface area contributed by atoms with Gasteiger partial charge in [-0.2, -0.15) is 0 Å². The van der Waals surface area contributed by atoms with Crippen LogP contribution in [0.5, 0.6) is 23.0 Å². The van der Waals surface area contributed by atoms with Gasteiger partial charge in [0, 0.05) is 6.07 Å². The molecule has 0 amide bonds. The number of aromatic hydroxyl groups is 1. The van der Waals surface area contributed by atoms with Gasteiger partial charge in [0.15, 0.2) is 23.9 Å². The summed E-state index contributed by atoms with van der Waals surface area (Å²) < 4.78 is 28.1. The SMILES string of the molecule is COc1cc(C=CCO)cc(OC(CO)C(OC2OC(CO)C(O)C(O)C2O)c2ccc(O)c(OC)c2)c1. The zero-order chi connectivity index (χ0) is 27.8. The standard InChI is InChI=1S/C26H34O12/c1-34-16-8-14(4-3-7-27)9-17(11-16)36-21(13-29)25(15-5-6-18(30)19(10-15)35-2)38-26-24(33)23(32)22(31)20(12-28)37-26/h3-6,8-11,20-33H,7,12-13H2,1-2H3. The molecule has 38 heavy (non-hydrogen) atoms. The lowest BCUT2D eigenvalue weighted by atomic mass is 9.98. The number of hydrogen-bond donors (Lipinski definition) is 7. The summed E-state index contributed by atoms with van der Waals surface area (Å²) in [6.45, 7) is -1.43. The molecule has 1 saturated heterocycles. The third-order valence-electron chi connectivity index (χ3n) is 6.02. The Morgan fingerprint density at radius 2 is 1.66 bits per heavy atom. The molecule has 210 valence electrons. The molecule has 1 aliphatic rings. The molecule has 1 heterocycles. The van der Waals surface area contributed by atoms with Crippen LogP contribution >= 0.6 is 0 Å². The minimum absolute atomic E-state index is 0.0967. The van der Waals surface area contributed by atoms with Crippen LogP contribution in [0.4, 0.5) is 0 Å². The van der Waals surface area contributed by atoms with Crippen molar-refractivity contribution in [2.45, 2.75) is 42.9 Å². The number of hydrogen-bond acceptors (Lipinski definition) is 12. The van der Waals surface area contributed by atoms with Crippen molar-refractivity contribution in [3.63, 3.8) is 0 Å². The second-order valence-electron chi connectivity index (χ2n) is 8.55. The Balaban J connectivity index is 2.00. The molecule has 12 nitrogen and oxygen atoms in total. The van der Waals surface area contributed by atoms with Gasteiger partial charge in [0.25, 0.3) is 0 Å². The van der Waals surface area contributed by atoms with Crippen molar-refractivity contribution in [1.29, 1.82) is 0 Å². The van der Waals surface area contributed by atoms with Gasteiger partial charge in [-0.25, -0.2) is 0 Å². The molecule has 1 aliphatic heterocycles. The molecule has 12 heteroatoms. The fraction of sp³-hybridized carbons (Fsp3) is 0.462. The molecule has 0 radical (unpaired) electrons. The summed E-state index contributed by atoms with van der Waals surface area (Å²) in [6, 6.07) is 9.19. The molecule has 0 spiro atoms. The average molecular weight is 539 g/mol. The first-order chi connectivity index (χ1) is 18.3. The first-order valence-corrected chi connectivity index (χ1v) is 11.8. The van der Waals surface area contributed by atoms with Crippen molar-refractivity contribution in [2.24, 2.45) is 0 Å². The van der Waals surface area contributed by atoms with Crippen molar-refractivity contribution in [1.82, 2.24) is 0 Å². The molecule has 7 N–H and O–H groups in total. The van der Waals surface area contributed by atoms with E-state index in [0.717, 1.165) is 0 Å². The van der Waals surface area contributed by atoms with Crippen LogP contribution in [0.1, 0.15) is 17.2 Å². The van der Waals surface area contributed by atoms with Gasteiger partial charge in [0.05, 0.1) is 34.0 Å². The number of aliphatic hydroxyl groups is 6. The molecule has 3 rings (SSSR count). The maximum atomic E-state index is 10.5. The zero-order valence-corrected chi connectivity index (χ0v) is 21.0. The number of phenols is 1. The van der Waals surface area contributed by atoms with Crippen molar-refractivity contribution in [3.05, 3.63) is 53.6 Å². The summed E-state index contributed by atoms with van der Waals surface area (Å²) in [7, 11) is 2.82. The highest BCUT2D eigenvalue weighted by Gasteiger charge is 2.46. The normalized spacial score (nSPS) is 25.2. The van der Waals surface area contributed by atoms with Gasteiger partial charge in [0.1, 0.15) is 42.0 Å². The lowest BCUT2D eigenvalue weighted by Gasteiger charge is -2.41. The van der Waals surface area contributed by atoms with E-state index in [1.807, 2.05) is 0 Å². The fourth-order valence-electron chi connectivity index (χ4n) is 4.01. The van der Waals surface area contributed by atoms with Crippen LogP contribution in [0.3, 0.4) is 0 Å². The van der Waals surface area contributed by atoms with E-state index in [4.69, 9.17) is 28.8 Å². The summed E-state index contributed by atoms with van der Waals surface area (Å²) in [4.78, 5) is 0. The Bertz CT molecular complexity index is 1060. The summed E-state index contributed by atoms with van der Waals surface area (Å²) in [5, 5.41) is 69.9. The van der Waals surface area contributed by atoms with Gasteiger partial charge in [-0.1, -0.05) is 18.2 Å². The highest BCUT2D eigenvalue weighted by Crippen LogP contribution is 2.36. The van der Waals surface area contributed by atoms with Gasteiger partial charge in [-0.15, -0.1) is 0 Å². The smallest absolute Gasteiger partial charge is 0.187 e. The lowest BCUT2D eigenvalue weighted by Crippen LogP contribution is -2.59. The topological polar surface area (TPSA) is 188 Å². The maximum absolute atomic E-state index is 10.5. The molecule has 7 atom stereocenters. The first-order valence-electron chi connectivity index (χ1n) is 11.8. The second kappa shape index (κ2) is 13.7. The number of phenolic OH excluding ortho intramolecular Hbond substituents is 1. The average Bonchev–Trinajstić information content (AvgIpc) is 2.93. The van der Waals surface area contributed by atoms with Crippen LogP contribution in [0.25, 0.3) is 6.08 Å². The van der Waals surface area contributed by atoms with Crippen molar-refractivity contribution >= 4 is 6.08 Å². The first kappa shape index (κ1) is 29.6. The predicted octanol–water partition coefficient (Wildman–Crippen LogP) is -0.288. The molecule has 0 bridgehead atoms. The fourth-order valence-corrected chi connectivity index (χ4v) is 4.01. The molecule has 0 aromatic heterocycles. The summed E-state index contributed by atoms with van der Waals surface area (Å²) >= 11 is 0. The minimum Gasteiger partial charge on any atom is -0.504 e. The Hall–Kier alpha value is -2.94. The third kappa shape index (κ3) is 6.92. The van der Waals surface area contributed by atoms with Crippen molar-refractivity contribution in [2.75, 3.05) is 34.0 Å². The lowest BCUT2D eigenvalue weighted by molar-refractivity contribution is -0.318. The Morgan fingerprint density at radius 1 is 0.921 bits per heavy atom. The Kier molecular flexibility index (Phi) is 10.7. The molecule has 2 aromatic rings. The summed E-state index contributed by atoms with van der Waals surface area (Å²) in [5.41, 5.74) is 0.988. The van der Waals surface area contributed by atoms with Gasteiger partial charge >= 0.3 is 0 Å². The highest BCUT2D eigenvalue weighted by atomic mass is 16.7. The summed E-state index contributed by atoms with van der Waals surface area (Å²) in [5.74, 6) is 0.653. The predicted molar refractivity (Wildman–Crippen MR) is 133 cm³/mol.